The summed E-state index contributed by atoms with van der Waals surface area (Å²) in [6.45, 7) is 5.36. The number of carbonyl (C=O) groups is 1. The van der Waals surface area contributed by atoms with Crippen LogP contribution in [0.3, 0.4) is 0 Å². The minimum absolute atomic E-state index is 0.0184. The summed E-state index contributed by atoms with van der Waals surface area (Å²) >= 11 is 0. The molecule has 0 aliphatic heterocycles. The first-order valence-electron chi connectivity index (χ1n) is 5.83. The van der Waals surface area contributed by atoms with Crippen molar-refractivity contribution in [1.29, 1.82) is 0 Å². The van der Waals surface area contributed by atoms with Crippen molar-refractivity contribution in [1.82, 2.24) is 4.90 Å². The van der Waals surface area contributed by atoms with Gasteiger partial charge in [-0.1, -0.05) is 6.07 Å². The van der Waals surface area contributed by atoms with E-state index in [-0.39, 0.29) is 30.1 Å². The molecule has 0 aliphatic carbocycles. The topological polar surface area (TPSA) is 81.0 Å². The van der Waals surface area contributed by atoms with Crippen LogP contribution in [0.2, 0.25) is 0 Å². The van der Waals surface area contributed by atoms with E-state index in [9.17, 15) is 15.0 Å². The van der Waals surface area contributed by atoms with Crippen molar-refractivity contribution in [3.8, 4) is 11.5 Å². The van der Waals surface area contributed by atoms with Crippen LogP contribution < -0.4 is 0 Å². The fourth-order valence-electron chi connectivity index (χ4n) is 2.06. The third kappa shape index (κ3) is 3.13. The zero-order valence-electron chi connectivity index (χ0n) is 10.8. The zero-order chi connectivity index (χ0) is 13.9. The summed E-state index contributed by atoms with van der Waals surface area (Å²) in [5, 5.41) is 28.5. The molecule has 0 saturated heterocycles. The Bertz CT molecular complexity index is 411. The molecule has 1 rings (SSSR count). The van der Waals surface area contributed by atoms with Crippen LogP contribution >= 0.6 is 0 Å². The van der Waals surface area contributed by atoms with Crippen molar-refractivity contribution < 1.29 is 20.1 Å². The largest absolute Gasteiger partial charge is 0.507 e. The molecule has 18 heavy (non-hydrogen) atoms. The molecule has 1 aromatic carbocycles. The molecule has 0 spiro atoms. The molecular weight excluding hydrogens is 234 g/mol. The summed E-state index contributed by atoms with van der Waals surface area (Å²) in [5.41, 5.74) is 0.354. The SMILES string of the molecule is CC(C)N(CC(=O)O)C(C)c1c(O)cccc1O. The fraction of sp³-hybridized carbons (Fsp3) is 0.462. The van der Waals surface area contributed by atoms with Gasteiger partial charge >= 0.3 is 5.97 Å². The number of benzene rings is 1. The highest BCUT2D eigenvalue weighted by Gasteiger charge is 2.25. The Hall–Kier alpha value is -1.75. The van der Waals surface area contributed by atoms with E-state index in [1.54, 1.807) is 11.8 Å². The quantitative estimate of drug-likeness (QED) is 0.747. The highest BCUT2D eigenvalue weighted by Crippen LogP contribution is 2.36. The maximum atomic E-state index is 10.9. The molecule has 100 valence electrons. The van der Waals surface area contributed by atoms with E-state index in [2.05, 4.69) is 0 Å². The van der Waals surface area contributed by atoms with Crippen LogP contribution in [-0.4, -0.2) is 38.8 Å². The second-order valence-electron chi connectivity index (χ2n) is 4.55. The molecule has 0 radical (unpaired) electrons. The normalized spacial score (nSPS) is 12.9. The molecule has 0 amide bonds. The lowest BCUT2D eigenvalue weighted by molar-refractivity contribution is -0.139. The minimum Gasteiger partial charge on any atom is -0.507 e. The Balaban J connectivity index is 3.09. The van der Waals surface area contributed by atoms with Gasteiger partial charge in [0.25, 0.3) is 0 Å². The average Bonchev–Trinajstić information content (AvgIpc) is 2.24. The maximum absolute atomic E-state index is 10.9. The molecule has 0 aliphatic rings. The Labute approximate surface area is 106 Å². The van der Waals surface area contributed by atoms with Gasteiger partial charge in [0.2, 0.25) is 0 Å². The number of hydrogen-bond donors (Lipinski definition) is 3. The molecule has 0 heterocycles. The minimum atomic E-state index is -0.939. The molecule has 0 saturated carbocycles. The van der Waals surface area contributed by atoms with Gasteiger partial charge in [-0.05, 0) is 32.9 Å². The van der Waals surface area contributed by atoms with Crippen LogP contribution in [-0.2, 0) is 4.79 Å². The zero-order valence-corrected chi connectivity index (χ0v) is 10.8. The summed E-state index contributed by atoms with van der Waals surface area (Å²) in [5.74, 6) is -0.998. The van der Waals surface area contributed by atoms with Gasteiger partial charge in [0.05, 0.1) is 12.1 Å². The fourth-order valence-corrected chi connectivity index (χ4v) is 2.06. The van der Waals surface area contributed by atoms with Crippen LogP contribution in [0.25, 0.3) is 0 Å². The molecule has 1 atom stereocenters. The molecule has 5 heteroatoms. The number of hydrogen-bond acceptors (Lipinski definition) is 4. The number of carboxylic acids is 1. The molecule has 3 N–H and O–H groups in total. The van der Waals surface area contributed by atoms with Crippen molar-refractivity contribution in [3.05, 3.63) is 23.8 Å². The van der Waals surface area contributed by atoms with E-state index in [4.69, 9.17) is 5.11 Å². The first-order valence-corrected chi connectivity index (χ1v) is 5.83. The predicted molar refractivity (Wildman–Crippen MR) is 67.7 cm³/mol. The van der Waals surface area contributed by atoms with Gasteiger partial charge in [0.1, 0.15) is 11.5 Å². The maximum Gasteiger partial charge on any atom is 0.317 e. The number of aromatic hydroxyl groups is 2. The summed E-state index contributed by atoms with van der Waals surface area (Å²) in [7, 11) is 0. The second kappa shape index (κ2) is 5.73. The van der Waals surface area contributed by atoms with Crippen molar-refractivity contribution in [3.63, 3.8) is 0 Å². The Morgan fingerprint density at radius 3 is 2.11 bits per heavy atom. The van der Waals surface area contributed by atoms with Gasteiger partial charge in [-0.25, -0.2) is 0 Å². The monoisotopic (exact) mass is 253 g/mol. The van der Waals surface area contributed by atoms with Crippen molar-refractivity contribution in [2.24, 2.45) is 0 Å². The first-order chi connectivity index (χ1) is 8.34. The molecular formula is C13H19NO4. The summed E-state index contributed by atoms with van der Waals surface area (Å²) in [4.78, 5) is 12.5. The third-order valence-corrected chi connectivity index (χ3v) is 2.96. The molecule has 0 fully saturated rings. The number of phenols is 2. The van der Waals surface area contributed by atoms with Crippen LogP contribution in [0.5, 0.6) is 11.5 Å². The summed E-state index contributed by atoms with van der Waals surface area (Å²) in [6.07, 6.45) is 0. The van der Waals surface area contributed by atoms with E-state index >= 15 is 0 Å². The van der Waals surface area contributed by atoms with Gasteiger partial charge in [-0.2, -0.15) is 0 Å². The summed E-state index contributed by atoms with van der Waals surface area (Å²) in [6, 6.07) is 4.09. The lowest BCUT2D eigenvalue weighted by Crippen LogP contribution is -2.37. The van der Waals surface area contributed by atoms with E-state index < -0.39 is 5.97 Å². The van der Waals surface area contributed by atoms with E-state index in [1.165, 1.54) is 18.2 Å². The van der Waals surface area contributed by atoms with Crippen molar-refractivity contribution in [2.45, 2.75) is 32.9 Å². The van der Waals surface area contributed by atoms with Gasteiger partial charge in [-0.3, -0.25) is 9.69 Å². The van der Waals surface area contributed by atoms with Crippen LogP contribution in [0, 0.1) is 0 Å². The van der Waals surface area contributed by atoms with Crippen molar-refractivity contribution >= 4 is 5.97 Å². The molecule has 1 aromatic rings. The third-order valence-electron chi connectivity index (χ3n) is 2.96. The Morgan fingerprint density at radius 2 is 1.72 bits per heavy atom. The van der Waals surface area contributed by atoms with E-state index in [0.29, 0.717) is 5.56 Å². The van der Waals surface area contributed by atoms with Gasteiger partial charge in [-0.15, -0.1) is 0 Å². The average molecular weight is 253 g/mol. The van der Waals surface area contributed by atoms with Gasteiger partial charge in [0, 0.05) is 12.1 Å². The molecule has 5 nitrogen and oxygen atoms in total. The van der Waals surface area contributed by atoms with Crippen molar-refractivity contribution in [2.75, 3.05) is 6.54 Å². The molecule has 0 aromatic heterocycles. The molecule has 0 bridgehead atoms. The first kappa shape index (κ1) is 14.3. The standard InChI is InChI=1S/C13H19NO4/c1-8(2)14(7-12(17)18)9(3)13-10(15)5-4-6-11(13)16/h4-6,8-9,15-16H,7H2,1-3H3,(H,17,18). The highest BCUT2D eigenvalue weighted by atomic mass is 16.4. The van der Waals surface area contributed by atoms with E-state index in [0.717, 1.165) is 0 Å². The van der Waals surface area contributed by atoms with E-state index in [1.807, 2.05) is 13.8 Å². The number of rotatable bonds is 5. The van der Waals surface area contributed by atoms with Gasteiger partial charge < -0.3 is 15.3 Å². The number of phenolic OH excluding ortho intramolecular Hbond substituents is 2. The summed E-state index contributed by atoms with van der Waals surface area (Å²) < 4.78 is 0. The molecule has 1 unspecified atom stereocenters. The predicted octanol–water partition coefficient (Wildman–Crippen LogP) is 1.95. The van der Waals surface area contributed by atoms with Crippen LogP contribution in [0.1, 0.15) is 32.4 Å². The highest BCUT2D eigenvalue weighted by molar-refractivity contribution is 5.69. The number of carboxylic acid groups (broad SMARTS) is 1. The number of nitrogens with zero attached hydrogens (tertiary/aromatic N) is 1. The number of aliphatic carboxylic acids is 1. The van der Waals surface area contributed by atoms with Gasteiger partial charge in [0.15, 0.2) is 0 Å². The lowest BCUT2D eigenvalue weighted by Gasteiger charge is -2.32. The van der Waals surface area contributed by atoms with Crippen LogP contribution in [0.15, 0.2) is 18.2 Å². The smallest absolute Gasteiger partial charge is 0.317 e. The Morgan fingerprint density at radius 1 is 1.22 bits per heavy atom. The lowest BCUT2D eigenvalue weighted by atomic mass is 10.0. The van der Waals surface area contributed by atoms with Crippen LogP contribution in [0.4, 0.5) is 0 Å². The Kier molecular flexibility index (Phi) is 4.55. The second-order valence-corrected chi connectivity index (χ2v) is 4.55.